The first-order valence-electron chi connectivity index (χ1n) is 11.3. The van der Waals surface area contributed by atoms with Gasteiger partial charge < -0.3 is 9.64 Å². The van der Waals surface area contributed by atoms with Crippen LogP contribution in [0, 0.1) is 6.92 Å². The molecule has 0 unspecified atom stereocenters. The van der Waals surface area contributed by atoms with E-state index in [1.165, 1.54) is 47.0 Å². The Morgan fingerprint density at radius 3 is 2.65 bits per heavy atom. The quantitative estimate of drug-likeness (QED) is 0.375. The zero-order valence-electron chi connectivity index (χ0n) is 17.8. The Kier molecular flexibility index (Phi) is 4.41. The van der Waals surface area contributed by atoms with Crippen LogP contribution in [0.4, 0.5) is 5.69 Å². The molecule has 0 amide bonds. The third-order valence-electron chi connectivity index (χ3n) is 6.82. The number of pyridine rings is 1. The molecule has 2 aliphatic rings. The summed E-state index contributed by atoms with van der Waals surface area (Å²) >= 11 is 0. The maximum atomic E-state index is 6.17. The first-order valence-corrected chi connectivity index (χ1v) is 11.3. The van der Waals surface area contributed by atoms with E-state index in [4.69, 9.17) is 9.72 Å². The number of aromatic nitrogens is 1. The minimum atomic E-state index is 0.440. The molecule has 1 aromatic heterocycles. The van der Waals surface area contributed by atoms with Gasteiger partial charge in [0, 0.05) is 17.6 Å². The Hall–Kier alpha value is -3.33. The van der Waals surface area contributed by atoms with Crippen LogP contribution in [-0.4, -0.2) is 11.5 Å². The van der Waals surface area contributed by atoms with E-state index in [-0.39, 0.29) is 0 Å². The number of fused-ring (bicyclic) bond motifs is 4. The lowest BCUT2D eigenvalue weighted by molar-refractivity contribution is 0.483. The van der Waals surface area contributed by atoms with Gasteiger partial charge in [-0.25, -0.2) is 0 Å². The summed E-state index contributed by atoms with van der Waals surface area (Å²) in [6.07, 6.45) is 4.71. The molecule has 6 rings (SSSR count). The summed E-state index contributed by atoms with van der Waals surface area (Å²) in [6.45, 7) is 3.21. The lowest BCUT2D eigenvalue weighted by Gasteiger charge is -2.35. The van der Waals surface area contributed by atoms with Crippen molar-refractivity contribution in [3.63, 3.8) is 0 Å². The molecule has 0 saturated carbocycles. The van der Waals surface area contributed by atoms with Gasteiger partial charge in [-0.3, -0.25) is 4.98 Å². The van der Waals surface area contributed by atoms with Crippen LogP contribution in [0.25, 0.3) is 10.9 Å². The van der Waals surface area contributed by atoms with Gasteiger partial charge in [-0.05, 0) is 79.6 Å². The Bertz CT molecular complexity index is 1260. The zero-order chi connectivity index (χ0) is 20.8. The van der Waals surface area contributed by atoms with Crippen molar-refractivity contribution >= 4 is 16.6 Å². The third kappa shape index (κ3) is 3.16. The van der Waals surface area contributed by atoms with Crippen molar-refractivity contribution in [1.82, 2.24) is 4.98 Å². The molecule has 31 heavy (non-hydrogen) atoms. The number of hydrogen-bond donors (Lipinski definition) is 0. The second-order valence-corrected chi connectivity index (χ2v) is 8.67. The summed E-state index contributed by atoms with van der Waals surface area (Å²) in [5.74, 6) is 1.72. The highest BCUT2D eigenvalue weighted by atomic mass is 16.5. The number of anilines is 1. The van der Waals surface area contributed by atoms with Gasteiger partial charge in [0.05, 0.1) is 17.2 Å². The van der Waals surface area contributed by atoms with Crippen molar-refractivity contribution in [3.05, 3.63) is 95.2 Å². The second-order valence-electron chi connectivity index (χ2n) is 8.67. The molecule has 0 saturated heterocycles. The average Bonchev–Trinajstić information content (AvgIpc) is 3.26. The lowest BCUT2D eigenvalue weighted by Crippen LogP contribution is -2.29. The van der Waals surface area contributed by atoms with Crippen molar-refractivity contribution in [3.8, 4) is 11.5 Å². The maximum Gasteiger partial charge on any atom is 0.128 e. The number of nitrogens with zero attached hydrogens (tertiary/aromatic N) is 2. The van der Waals surface area contributed by atoms with Crippen LogP contribution in [0.15, 0.2) is 72.8 Å². The van der Waals surface area contributed by atoms with E-state index in [1.54, 1.807) is 0 Å². The van der Waals surface area contributed by atoms with E-state index in [1.807, 2.05) is 36.4 Å². The molecule has 2 heterocycles. The summed E-state index contributed by atoms with van der Waals surface area (Å²) in [5.41, 5.74) is 7.98. The van der Waals surface area contributed by atoms with Crippen molar-refractivity contribution in [2.45, 2.75) is 38.6 Å². The van der Waals surface area contributed by atoms with Gasteiger partial charge in [0.25, 0.3) is 0 Å². The third-order valence-corrected chi connectivity index (χ3v) is 6.82. The van der Waals surface area contributed by atoms with Crippen LogP contribution in [0.3, 0.4) is 0 Å². The van der Waals surface area contributed by atoms with Gasteiger partial charge in [0.1, 0.15) is 11.5 Å². The van der Waals surface area contributed by atoms with Gasteiger partial charge in [-0.15, -0.1) is 0 Å². The first-order chi connectivity index (χ1) is 15.3. The molecule has 4 aromatic rings. The Labute approximate surface area is 183 Å². The van der Waals surface area contributed by atoms with E-state index in [0.717, 1.165) is 35.7 Å². The van der Waals surface area contributed by atoms with Gasteiger partial charge in [-0.1, -0.05) is 42.5 Å². The summed E-state index contributed by atoms with van der Waals surface area (Å²) in [5, 5.41) is 1.20. The minimum absolute atomic E-state index is 0.440. The highest BCUT2D eigenvalue weighted by Gasteiger charge is 2.33. The second kappa shape index (κ2) is 7.42. The number of para-hydroxylation sites is 1. The standard InChI is InChI=1S/C28H26N2O/c1-19-23-16-17-30(27-13-7-9-20-8-5-6-12-24(20)27)28(23)25-18-22(14-15-26(25)29-19)31-21-10-3-2-4-11-21/h2-6,8,10-12,14-15,18,27H,7,9,13,16-17H2,1H3/t27-/m0/s1. The van der Waals surface area contributed by atoms with Crippen LogP contribution in [0.2, 0.25) is 0 Å². The molecule has 154 valence electrons. The van der Waals surface area contributed by atoms with Crippen LogP contribution < -0.4 is 9.64 Å². The van der Waals surface area contributed by atoms with E-state index >= 15 is 0 Å². The Morgan fingerprint density at radius 2 is 1.74 bits per heavy atom. The molecular weight excluding hydrogens is 380 g/mol. The van der Waals surface area contributed by atoms with Crippen LogP contribution in [-0.2, 0) is 12.8 Å². The van der Waals surface area contributed by atoms with Gasteiger partial charge in [0.15, 0.2) is 0 Å². The van der Waals surface area contributed by atoms with E-state index in [9.17, 15) is 0 Å². The highest BCUT2D eigenvalue weighted by Crippen LogP contribution is 2.45. The fraction of sp³-hybridized carbons (Fsp3) is 0.250. The van der Waals surface area contributed by atoms with Crippen molar-refractivity contribution in [2.75, 3.05) is 11.4 Å². The van der Waals surface area contributed by atoms with E-state index in [2.05, 4.69) is 48.2 Å². The summed E-state index contributed by atoms with van der Waals surface area (Å²) in [6, 6.07) is 25.8. The molecule has 0 radical (unpaired) electrons. The fourth-order valence-electron chi connectivity index (χ4n) is 5.41. The van der Waals surface area contributed by atoms with Crippen molar-refractivity contribution in [2.24, 2.45) is 0 Å². The molecule has 1 aliphatic heterocycles. The predicted molar refractivity (Wildman–Crippen MR) is 126 cm³/mol. The number of aryl methyl sites for hydroxylation is 2. The molecule has 3 heteroatoms. The van der Waals surface area contributed by atoms with E-state index < -0.39 is 0 Å². The molecule has 1 atom stereocenters. The molecule has 0 N–H and O–H groups in total. The largest absolute Gasteiger partial charge is 0.457 e. The minimum Gasteiger partial charge on any atom is -0.457 e. The van der Waals surface area contributed by atoms with Crippen molar-refractivity contribution in [1.29, 1.82) is 0 Å². The first kappa shape index (κ1) is 18.4. The van der Waals surface area contributed by atoms with Crippen LogP contribution in [0.1, 0.15) is 41.3 Å². The molecule has 1 aliphatic carbocycles. The topological polar surface area (TPSA) is 25.4 Å². The summed E-state index contributed by atoms with van der Waals surface area (Å²) in [4.78, 5) is 7.59. The van der Waals surface area contributed by atoms with E-state index in [0.29, 0.717) is 6.04 Å². The molecule has 0 spiro atoms. The predicted octanol–water partition coefficient (Wildman–Crippen LogP) is 6.78. The van der Waals surface area contributed by atoms with Crippen LogP contribution >= 0.6 is 0 Å². The number of benzene rings is 3. The van der Waals surface area contributed by atoms with Crippen molar-refractivity contribution < 1.29 is 4.74 Å². The number of hydrogen-bond acceptors (Lipinski definition) is 3. The van der Waals surface area contributed by atoms with Gasteiger partial charge in [-0.2, -0.15) is 0 Å². The summed E-state index contributed by atoms with van der Waals surface area (Å²) in [7, 11) is 0. The van der Waals surface area contributed by atoms with Crippen LogP contribution in [0.5, 0.6) is 11.5 Å². The normalized spacial score (nSPS) is 17.5. The maximum absolute atomic E-state index is 6.17. The van der Waals surface area contributed by atoms with Gasteiger partial charge in [0.2, 0.25) is 0 Å². The molecule has 3 aromatic carbocycles. The number of rotatable bonds is 3. The molecular formula is C28H26N2O. The fourth-order valence-corrected chi connectivity index (χ4v) is 5.41. The van der Waals surface area contributed by atoms with Gasteiger partial charge >= 0.3 is 0 Å². The number of ether oxygens (including phenoxy) is 1. The lowest BCUT2D eigenvalue weighted by atomic mass is 9.86. The smallest absolute Gasteiger partial charge is 0.128 e. The SMILES string of the molecule is Cc1nc2ccc(Oc3ccccc3)cc2c2c1CCN2[C@H]1CCCc2ccccc21. The highest BCUT2D eigenvalue weighted by molar-refractivity contribution is 5.96. The Morgan fingerprint density at radius 1 is 0.903 bits per heavy atom. The zero-order valence-corrected chi connectivity index (χ0v) is 17.8. The molecule has 0 fully saturated rings. The molecule has 3 nitrogen and oxygen atoms in total. The summed E-state index contributed by atoms with van der Waals surface area (Å²) < 4.78 is 6.17. The monoisotopic (exact) mass is 406 g/mol. The average molecular weight is 407 g/mol. The molecule has 0 bridgehead atoms. The Balaban J connectivity index is 1.47.